The van der Waals surface area contributed by atoms with Crippen molar-refractivity contribution >= 4 is 11.5 Å². The van der Waals surface area contributed by atoms with Crippen LogP contribution in [0.4, 0.5) is 11.5 Å². The quantitative estimate of drug-likeness (QED) is 0.925. The zero-order valence-corrected chi connectivity index (χ0v) is 12.9. The van der Waals surface area contributed by atoms with Gasteiger partial charge < -0.3 is 15.0 Å². The third kappa shape index (κ3) is 4.34. The van der Waals surface area contributed by atoms with Crippen LogP contribution in [0.25, 0.3) is 0 Å². The Balaban J connectivity index is 1.55. The lowest BCUT2D eigenvalue weighted by Crippen LogP contribution is -2.36. The lowest BCUT2D eigenvalue weighted by molar-refractivity contribution is 0.122. The fourth-order valence-corrected chi connectivity index (χ4v) is 3.29. The second-order valence-electron chi connectivity index (χ2n) is 6.19. The van der Waals surface area contributed by atoms with Gasteiger partial charge in [-0.2, -0.15) is 0 Å². The van der Waals surface area contributed by atoms with Crippen molar-refractivity contribution in [2.75, 3.05) is 36.5 Å². The van der Waals surface area contributed by atoms with Gasteiger partial charge >= 0.3 is 0 Å². The van der Waals surface area contributed by atoms with Gasteiger partial charge in [0.15, 0.2) is 0 Å². The van der Waals surface area contributed by atoms with Crippen molar-refractivity contribution in [2.45, 2.75) is 51.0 Å². The van der Waals surface area contributed by atoms with E-state index in [1.54, 1.807) is 0 Å². The molecular formula is C17H27N3O. The van der Waals surface area contributed by atoms with Crippen molar-refractivity contribution in [3.05, 3.63) is 18.3 Å². The summed E-state index contributed by atoms with van der Waals surface area (Å²) in [7, 11) is 0. The second kappa shape index (κ2) is 7.64. The van der Waals surface area contributed by atoms with Crippen LogP contribution >= 0.6 is 0 Å². The van der Waals surface area contributed by atoms with Crippen LogP contribution in [0.1, 0.15) is 44.9 Å². The number of aromatic nitrogens is 1. The van der Waals surface area contributed by atoms with E-state index in [9.17, 15) is 0 Å². The van der Waals surface area contributed by atoms with E-state index < -0.39 is 0 Å². The monoisotopic (exact) mass is 289 g/mol. The summed E-state index contributed by atoms with van der Waals surface area (Å²) >= 11 is 0. The number of nitrogens with one attached hydrogen (secondary N) is 1. The van der Waals surface area contributed by atoms with Crippen molar-refractivity contribution < 1.29 is 4.74 Å². The summed E-state index contributed by atoms with van der Waals surface area (Å²) < 4.78 is 5.39. The third-order valence-electron chi connectivity index (χ3n) is 4.56. The van der Waals surface area contributed by atoms with Gasteiger partial charge in [-0.05, 0) is 25.0 Å². The van der Waals surface area contributed by atoms with E-state index in [0.717, 1.165) is 37.8 Å². The predicted molar refractivity (Wildman–Crippen MR) is 87.0 cm³/mol. The number of hydrogen-bond donors (Lipinski definition) is 1. The maximum atomic E-state index is 5.39. The number of morpholine rings is 1. The van der Waals surface area contributed by atoms with Gasteiger partial charge in [0.05, 0.1) is 25.1 Å². The maximum absolute atomic E-state index is 5.39. The molecule has 2 heterocycles. The molecular weight excluding hydrogens is 262 g/mol. The standard InChI is InChI=1S/C17H27N3O/c1-2-4-6-15(7-5-3-1)19-16-8-9-17(18-14-16)20-10-12-21-13-11-20/h8-9,14-15,19H,1-7,10-13H2. The van der Waals surface area contributed by atoms with Crippen LogP contribution in [0.3, 0.4) is 0 Å². The normalized spacial score (nSPS) is 21.6. The molecule has 1 N–H and O–H groups in total. The Morgan fingerprint density at radius 1 is 1.00 bits per heavy atom. The number of anilines is 2. The molecule has 116 valence electrons. The molecule has 21 heavy (non-hydrogen) atoms. The summed E-state index contributed by atoms with van der Waals surface area (Å²) in [5, 5.41) is 3.67. The van der Waals surface area contributed by atoms with Crippen LogP contribution in [0.5, 0.6) is 0 Å². The third-order valence-corrected chi connectivity index (χ3v) is 4.56. The Morgan fingerprint density at radius 3 is 2.38 bits per heavy atom. The smallest absolute Gasteiger partial charge is 0.128 e. The molecule has 3 rings (SSSR count). The lowest BCUT2D eigenvalue weighted by Gasteiger charge is -2.28. The Bertz CT molecular complexity index is 407. The first-order chi connectivity index (χ1) is 10.4. The van der Waals surface area contributed by atoms with Crippen LogP contribution in [0, 0.1) is 0 Å². The summed E-state index contributed by atoms with van der Waals surface area (Å²) in [5.74, 6) is 1.07. The molecule has 4 heteroatoms. The highest BCUT2D eigenvalue weighted by Gasteiger charge is 2.13. The van der Waals surface area contributed by atoms with Gasteiger partial charge in [0.1, 0.15) is 5.82 Å². The largest absolute Gasteiger partial charge is 0.381 e. The first-order valence-electron chi connectivity index (χ1n) is 8.47. The number of hydrogen-bond acceptors (Lipinski definition) is 4. The van der Waals surface area contributed by atoms with Crippen molar-refractivity contribution in [3.8, 4) is 0 Å². The van der Waals surface area contributed by atoms with E-state index in [2.05, 4.69) is 27.3 Å². The molecule has 1 aliphatic heterocycles. The van der Waals surface area contributed by atoms with E-state index >= 15 is 0 Å². The lowest BCUT2D eigenvalue weighted by atomic mass is 9.96. The molecule has 0 radical (unpaired) electrons. The minimum atomic E-state index is 0.626. The minimum absolute atomic E-state index is 0.626. The Labute approximate surface area is 127 Å². The van der Waals surface area contributed by atoms with Crippen LogP contribution < -0.4 is 10.2 Å². The molecule has 0 amide bonds. The Morgan fingerprint density at radius 2 is 1.71 bits per heavy atom. The highest BCUT2D eigenvalue weighted by molar-refractivity contribution is 5.49. The van der Waals surface area contributed by atoms with Gasteiger partial charge in [0, 0.05) is 19.1 Å². The van der Waals surface area contributed by atoms with Crippen molar-refractivity contribution in [2.24, 2.45) is 0 Å². The van der Waals surface area contributed by atoms with E-state index in [-0.39, 0.29) is 0 Å². The van der Waals surface area contributed by atoms with Crippen LogP contribution in [-0.4, -0.2) is 37.3 Å². The molecule has 1 aromatic rings. The molecule has 0 atom stereocenters. The zero-order valence-electron chi connectivity index (χ0n) is 12.9. The molecule has 4 nitrogen and oxygen atoms in total. The van der Waals surface area contributed by atoms with Crippen molar-refractivity contribution in [3.63, 3.8) is 0 Å². The second-order valence-corrected chi connectivity index (χ2v) is 6.19. The molecule has 2 aliphatic rings. The number of nitrogens with zero attached hydrogens (tertiary/aromatic N) is 2. The average molecular weight is 289 g/mol. The molecule has 0 aromatic carbocycles. The summed E-state index contributed by atoms with van der Waals surface area (Å²) in [6.45, 7) is 3.51. The molecule has 1 aromatic heterocycles. The van der Waals surface area contributed by atoms with E-state index in [0.29, 0.717) is 6.04 Å². The molecule has 1 saturated carbocycles. The summed E-state index contributed by atoms with van der Waals surface area (Å²) in [6.07, 6.45) is 11.5. The van der Waals surface area contributed by atoms with Crippen molar-refractivity contribution in [1.82, 2.24) is 4.98 Å². The molecule has 1 aliphatic carbocycles. The first-order valence-corrected chi connectivity index (χ1v) is 8.47. The fraction of sp³-hybridized carbons (Fsp3) is 0.706. The highest BCUT2D eigenvalue weighted by atomic mass is 16.5. The molecule has 0 unspecified atom stereocenters. The van der Waals surface area contributed by atoms with E-state index in [4.69, 9.17) is 4.74 Å². The van der Waals surface area contributed by atoms with Gasteiger partial charge in [0.25, 0.3) is 0 Å². The zero-order chi connectivity index (χ0) is 14.3. The maximum Gasteiger partial charge on any atom is 0.128 e. The average Bonchev–Trinajstić information content (AvgIpc) is 2.51. The Hall–Kier alpha value is -1.29. The number of rotatable bonds is 3. The van der Waals surface area contributed by atoms with Gasteiger partial charge in [0.2, 0.25) is 0 Å². The Kier molecular flexibility index (Phi) is 5.33. The van der Waals surface area contributed by atoms with Crippen LogP contribution in [0.15, 0.2) is 18.3 Å². The number of ether oxygens (including phenoxy) is 1. The topological polar surface area (TPSA) is 37.4 Å². The molecule has 0 spiro atoms. The van der Waals surface area contributed by atoms with Crippen LogP contribution in [0.2, 0.25) is 0 Å². The first kappa shape index (κ1) is 14.6. The fourth-order valence-electron chi connectivity index (χ4n) is 3.29. The van der Waals surface area contributed by atoms with Gasteiger partial charge in [-0.25, -0.2) is 4.98 Å². The number of pyridine rings is 1. The summed E-state index contributed by atoms with van der Waals surface area (Å²) in [5.41, 5.74) is 1.16. The predicted octanol–water partition coefficient (Wildman–Crippen LogP) is 3.44. The summed E-state index contributed by atoms with van der Waals surface area (Å²) in [6, 6.07) is 4.94. The molecule has 0 bridgehead atoms. The molecule has 2 fully saturated rings. The minimum Gasteiger partial charge on any atom is -0.381 e. The van der Waals surface area contributed by atoms with Crippen molar-refractivity contribution in [1.29, 1.82) is 0 Å². The SMILES string of the molecule is c1cc(N2CCOCC2)ncc1NC1CCCCCCC1. The van der Waals surface area contributed by atoms with Gasteiger partial charge in [-0.3, -0.25) is 0 Å². The summed E-state index contributed by atoms with van der Waals surface area (Å²) in [4.78, 5) is 6.91. The van der Waals surface area contributed by atoms with E-state index in [1.807, 2.05) is 6.20 Å². The van der Waals surface area contributed by atoms with E-state index in [1.165, 1.54) is 44.9 Å². The van der Waals surface area contributed by atoms with Gasteiger partial charge in [-0.1, -0.05) is 32.1 Å². The van der Waals surface area contributed by atoms with Gasteiger partial charge in [-0.15, -0.1) is 0 Å². The molecule has 1 saturated heterocycles. The van der Waals surface area contributed by atoms with Crippen LogP contribution in [-0.2, 0) is 4.74 Å². The highest BCUT2D eigenvalue weighted by Crippen LogP contribution is 2.21.